The molecule has 18 heavy (non-hydrogen) atoms. The van der Waals surface area contributed by atoms with Gasteiger partial charge in [-0.15, -0.1) is 10.2 Å². The molecule has 0 fully saturated rings. The highest BCUT2D eigenvalue weighted by molar-refractivity contribution is 5.95. The van der Waals surface area contributed by atoms with Crippen LogP contribution in [0.4, 0.5) is 10.1 Å². The number of halogens is 1. The molecule has 8 heteroatoms. The number of aromatic amines is 1. The van der Waals surface area contributed by atoms with Crippen molar-refractivity contribution in [2.75, 3.05) is 5.73 Å². The number of tetrazole rings is 1. The summed E-state index contributed by atoms with van der Waals surface area (Å²) in [6.07, 6.45) is 0. The van der Waals surface area contributed by atoms with Crippen molar-refractivity contribution in [1.29, 1.82) is 0 Å². The first-order valence-corrected chi connectivity index (χ1v) is 5.17. The van der Waals surface area contributed by atoms with Crippen molar-refractivity contribution in [3.63, 3.8) is 0 Å². The SMILES string of the molecule is CC(NC(=O)c1cc(N)ccc1F)c1nn[nH]n1. The average Bonchev–Trinajstić information content (AvgIpc) is 2.85. The molecule has 0 radical (unpaired) electrons. The van der Waals surface area contributed by atoms with Crippen molar-refractivity contribution >= 4 is 11.6 Å². The lowest BCUT2D eigenvalue weighted by atomic mass is 10.1. The number of anilines is 1. The van der Waals surface area contributed by atoms with E-state index in [1.54, 1.807) is 6.92 Å². The van der Waals surface area contributed by atoms with Gasteiger partial charge in [0.2, 0.25) is 0 Å². The molecular weight excluding hydrogens is 239 g/mol. The van der Waals surface area contributed by atoms with E-state index in [-0.39, 0.29) is 5.56 Å². The smallest absolute Gasteiger partial charge is 0.254 e. The number of rotatable bonds is 3. The van der Waals surface area contributed by atoms with E-state index in [0.29, 0.717) is 11.5 Å². The number of amides is 1. The highest BCUT2D eigenvalue weighted by Gasteiger charge is 2.17. The van der Waals surface area contributed by atoms with Crippen LogP contribution in [0.25, 0.3) is 0 Å². The molecule has 0 aliphatic carbocycles. The molecule has 0 aliphatic rings. The largest absolute Gasteiger partial charge is 0.399 e. The van der Waals surface area contributed by atoms with E-state index in [0.717, 1.165) is 6.07 Å². The number of hydrogen-bond donors (Lipinski definition) is 3. The predicted molar refractivity (Wildman–Crippen MR) is 60.9 cm³/mol. The molecule has 1 atom stereocenters. The molecule has 1 unspecified atom stereocenters. The summed E-state index contributed by atoms with van der Waals surface area (Å²) in [5.41, 5.74) is 5.70. The number of H-pyrrole nitrogens is 1. The van der Waals surface area contributed by atoms with Gasteiger partial charge in [0.1, 0.15) is 5.82 Å². The number of nitrogens with two attached hydrogens (primary N) is 1. The van der Waals surface area contributed by atoms with Crippen LogP contribution in [0.2, 0.25) is 0 Å². The lowest BCUT2D eigenvalue weighted by Crippen LogP contribution is -2.28. The van der Waals surface area contributed by atoms with Gasteiger partial charge in [-0.2, -0.15) is 5.21 Å². The van der Waals surface area contributed by atoms with Gasteiger partial charge in [-0.1, -0.05) is 5.21 Å². The highest BCUT2D eigenvalue weighted by atomic mass is 19.1. The molecule has 1 aromatic heterocycles. The first kappa shape index (κ1) is 12.0. The molecule has 0 aliphatic heterocycles. The minimum atomic E-state index is -0.637. The molecule has 0 saturated carbocycles. The van der Waals surface area contributed by atoms with Crippen LogP contribution in [0.1, 0.15) is 29.1 Å². The maximum Gasteiger partial charge on any atom is 0.254 e. The second kappa shape index (κ2) is 4.78. The monoisotopic (exact) mass is 250 g/mol. The zero-order valence-electron chi connectivity index (χ0n) is 9.51. The summed E-state index contributed by atoms with van der Waals surface area (Å²) in [6, 6.07) is 3.31. The van der Waals surface area contributed by atoms with E-state index >= 15 is 0 Å². The Morgan fingerprint density at radius 3 is 3.00 bits per heavy atom. The Hall–Kier alpha value is -2.51. The number of nitrogen functional groups attached to an aromatic ring is 1. The molecule has 1 aromatic carbocycles. The summed E-state index contributed by atoms with van der Waals surface area (Å²) in [5.74, 6) is -0.910. The van der Waals surface area contributed by atoms with Crippen molar-refractivity contribution in [2.24, 2.45) is 0 Å². The summed E-state index contributed by atoms with van der Waals surface area (Å²) >= 11 is 0. The summed E-state index contributed by atoms with van der Waals surface area (Å²) in [7, 11) is 0. The van der Waals surface area contributed by atoms with Gasteiger partial charge in [0.15, 0.2) is 5.82 Å². The standard InChI is InChI=1S/C10H11FN6O/c1-5(9-14-16-17-15-9)13-10(18)7-4-6(12)2-3-8(7)11/h2-5H,12H2,1H3,(H,13,18)(H,14,15,16,17). The quantitative estimate of drug-likeness (QED) is 0.683. The van der Waals surface area contributed by atoms with Gasteiger partial charge in [0, 0.05) is 5.69 Å². The van der Waals surface area contributed by atoms with Crippen LogP contribution >= 0.6 is 0 Å². The normalized spacial score (nSPS) is 12.1. The number of nitrogens with zero attached hydrogens (tertiary/aromatic N) is 3. The maximum absolute atomic E-state index is 13.4. The Morgan fingerprint density at radius 2 is 2.33 bits per heavy atom. The van der Waals surface area contributed by atoms with E-state index in [1.165, 1.54) is 12.1 Å². The number of aromatic nitrogens is 4. The lowest BCUT2D eigenvalue weighted by molar-refractivity contribution is 0.0934. The fraction of sp³-hybridized carbons (Fsp3) is 0.200. The Labute approximate surface area is 102 Å². The van der Waals surface area contributed by atoms with Crippen molar-refractivity contribution in [3.05, 3.63) is 35.4 Å². The first-order valence-electron chi connectivity index (χ1n) is 5.17. The second-order valence-electron chi connectivity index (χ2n) is 3.70. The third-order valence-electron chi connectivity index (χ3n) is 2.33. The maximum atomic E-state index is 13.4. The van der Waals surface area contributed by atoms with Crippen LogP contribution < -0.4 is 11.1 Å². The van der Waals surface area contributed by atoms with Gasteiger partial charge < -0.3 is 11.1 Å². The fourth-order valence-corrected chi connectivity index (χ4v) is 1.41. The van der Waals surface area contributed by atoms with Crippen LogP contribution in [-0.2, 0) is 0 Å². The van der Waals surface area contributed by atoms with Crippen LogP contribution in [0.5, 0.6) is 0 Å². The predicted octanol–water partition coefficient (Wildman–Crippen LogP) is 0.412. The van der Waals surface area contributed by atoms with Crippen molar-refractivity contribution in [1.82, 2.24) is 25.9 Å². The van der Waals surface area contributed by atoms with E-state index in [4.69, 9.17) is 5.73 Å². The number of carbonyl (C=O) groups excluding carboxylic acids is 1. The van der Waals surface area contributed by atoms with Crippen LogP contribution in [0.3, 0.4) is 0 Å². The van der Waals surface area contributed by atoms with Gasteiger partial charge in [-0.05, 0) is 25.1 Å². The fourth-order valence-electron chi connectivity index (χ4n) is 1.41. The molecule has 2 rings (SSSR count). The molecule has 0 spiro atoms. The van der Waals surface area contributed by atoms with E-state index in [2.05, 4.69) is 25.9 Å². The van der Waals surface area contributed by atoms with Crippen molar-refractivity contribution < 1.29 is 9.18 Å². The Morgan fingerprint density at radius 1 is 1.56 bits per heavy atom. The van der Waals surface area contributed by atoms with Gasteiger partial charge in [0.05, 0.1) is 11.6 Å². The summed E-state index contributed by atoms with van der Waals surface area (Å²) in [5, 5.41) is 15.6. The zero-order chi connectivity index (χ0) is 13.1. The highest BCUT2D eigenvalue weighted by Crippen LogP contribution is 2.13. The van der Waals surface area contributed by atoms with E-state index in [9.17, 15) is 9.18 Å². The number of hydrogen-bond acceptors (Lipinski definition) is 5. The van der Waals surface area contributed by atoms with Crippen molar-refractivity contribution in [3.8, 4) is 0 Å². The molecule has 2 aromatic rings. The first-order chi connectivity index (χ1) is 8.58. The van der Waals surface area contributed by atoms with Crippen LogP contribution in [0.15, 0.2) is 18.2 Å². The van der Waals surface area contributed by atoms with Gasteiger partial charge in [0.25, 0.3) is 5.91 Å². The topological polar surface area (TPSA) is 110 Å². The summed E-state index contributed by atoms with van der Waals surface area (Å²) < 4.78 is 13.4. The molecular formula is C10H11FN6O. The van der Waals surface area contributed by atoms with E-state index < -0.39 is 17.8 Å². The number of nitrogens with one attached hydrogen (secondary N) is 2. The third-order valence-corrected chi connectivity index (χ3v) is 2.33. The summed E-state index contributed by atoms with van der Waals surface area (Å²) in [4.78, 5) is 11.8. The Bertz CT molecular complexity index is 556. The second-order valence-corrected chi connectivity index (χ2v) is 3.70. The number of benzene rings is 1. The van der Waals surface area contributed by atoms with Crippen LogP contribution in [-0.4, -0.2) is 26.5 Å². The van der Waals surface area contributed by atoms with Gasteiger partial charge in [-0.25, -0.2) is 4.39 Å². The Balaban J connectivity index is 2.15. The molecule has 1 heterocycles. The minimum Gasteiger partial charge on any atom is -0.399 e. The molecule has 94 valence electrons. The number of carbonyl (C=O) groups is 1. The average molecular weight is 250 g/mol. The molecule has 7 nitrogen and oxygen atoms in total. The third kappa shape index (κ3) is 2.42. The minimum absolute atomic E-state index is 0.120. The molecule has 4 N–H and O–H groups in total. The zero-order valence-corrected chi connectivity index (χ0v) is 9.51. The molecule has 1 amide bonds. The van der Waals surface area contributed by atoms with Gasteiger partial charge >= 0.3 is 0 Å². The van der Waals surface area contributed by atoms with E-state index in [1.807, 2.05) is 0 Å². The van der Waals surface area contributed by atoms with Gasteiger partial charge in [-0.3, -0.25) is 4.79 Å². The summed E-state index contributed by atoms with van der Waals surface area (Å²) in [6.45, 7) is 1.66. The lowest BCUT2D eigenvalue weighted by Gasteiger charge is -2.10. The Kier molecular flexibility index (Phi) is 3.18. The van der Waals surface area contributed by atoms with Crippen LogP contribution in [0, 0.1) is 5.82 Å². The van der Waals surface area contributed by atoms with Crippen molar-refractivity contribution in [2.45, 2.75) is 13.0 Å². The molecule has 0 bridgehead atoms. The molecule has 0 saturated heterocycles.